The summed E-state index contributed by atoms with van der Waals surface area (Å²) in [4.78, 5) is 31.4. The van der Waals surface area contributed by atoms with Crippen molar-refractivity contribution in [1.29, 1.82) is 0 Å². The van der Waals surface area contributed by atoms with Gasteiger partial charge in [-0.3, -0.25) is 9.69 Å². The highest BCUT2D eigenvalue weighted by molar-refractivity contribution is 8.00. The SMILES string of the molecule is COc1ccc2ccc(OC3CC(NC[C@@H]4CN(c5ccc6c(c5)NC(=O)CS6)C(=O)O4)C3)nc2c1. The lowest BCUT2D eigenvalue weighted by Gasteiger charge is -2.36. The molecule has 3 heterocycles. The number of carbonyl (C=O) groups excluding carboxylic acids is 2. The van der Waals surface area contributed by atoms with Crippen molar-refractivity contribution in [2.45, 2.75) is 36.0 Å². The third-order valence-corrected chi connectivity index (χ3v) is 7.75. The number of nitrogens with one attached hydrogen (secondary N) is 2. The van der Waals surface area contributed by atoms with Crippen LogP contribution in [0.25, 0.3) is 10.9 Å². The van der Waals surface area contributed by atoms with Crippen LogP contribution >= 0.6 is 11.8 Å². The van der Waals surface area contributed by atoms with Crippen molar-refractivity contribution in [3.05, 3.63) is 48.5 Å². The lowest BCUT2D eigenvalue weighted by molar-refractivity contribution is -0.113. The molecule has 186 valence electrons. The maximum Gasteiger partial charge on any atom is 0.414 e. The van der Waals surface area contributed by atoms with Crippen LogP contribution in [0, 0.1) is 0 Å². The molecule has 0 radical (unpaired) electrons. The fraction of sp³-hybridized carbons (Fsp3) is 0.346. The number of ether oxygens (including phenoxy) is 3. The molecule has 2 aliphatic heterocycles. The number of thioether (sulfide) groups is 1. The van der Waals surface area contributed by atoms with Gasteiger partial charge in [0.1, 0.15) is 18.0 Å². The molecule has 3 aromatic rings. The van der Waals surface area contributed by atoms with E-state index >= 15 is 0 Å². The first-order valence-corrected chi connectivity index (χ1v) is 12.9. The number of amides is 2. The lowest BCUT2D eigenvalue weighted by Crippen LogP contribution is -2.49. The summed E-state index contributed by atoms with van der Waals surface area (Å²) < 4.78 is 16.9. The van der Waals surface area contributed by atoms with Gasteiger partial charge in [0, 0.05) is 40.7 Å². The minimum Gasteiger partial charge on any atom is -0.497 e. The molecule has 2 aromatic carbocycles. The normalized spacial score (nSPS) is 23.0. The van der Waals surface area contributed by atoms with E-state index in [2.05, 4.69) is 15.6 Å². The Morgan fingerprint density at radius 3 is 2.89 bits per heavy atom. The second-order valence-corrected chi connectivity index (χ2v) is 10.2. The molecule has 0 unspecified atom stereocenters. The maximum atomic E-state index is 12.5. The van der Waals surface area contributed by atoms with Gasteiger partial charge in [-0.25, -0.2) is 9.78 Å². The number of nitrogens with zero attached hydrogens (tertiary/aromatic N) is 2. The Balaban J connectivity index is 0.986. The van der Waals surface area contributed by atoms with Crippen molar-refractivity contribution in [2.24, 2.45) is 0 Å². The zero-order valence-corrected chi connectivity index (χ0v) is 20.5. The molecule has 6 rings (SSSR count). The van der Waals surface area contributed by atoms with Gasteiger partial charge in [-0.1, -0.05) is 0 Å². The van der Waals surface area contributed by atoms with Gasteiger partial charge in [0.25, 0.3) is 0 Å². The number of benzene rings is 2. The average Bonchev–Trinajstić information content (AvgIpc) is 3.24. The van der Waals surface area contributed by atoms with E-state index in [0.717, 1.165) is 45.8 Å². The quantitative estimate of drug-likeness (QED) is 0.499. The topological polar surface area (TPSA) is 102 Å². The van der Waals surface area contributed by atoms with E-state index in [1.807, 2.05) is 48.5 Å². The maximum absolute atomic E-state index is 12.5. The molecule has 1 saturated carbocycles. The summed E-state index contributed by atoms with van der Waals surface area (Å²) >= 11 is 1.50. The van der Waals surface area contributed by atoms with Crippen molar-refractivity contribution in [1.82, 2.24) is 10.3 Å². The van der Waals surface area contributed by atoms with E-state index in [-0.39, 0.29) is 24.2 Å². The molecular formula is C26H26N4O5S. The second kappa shape index (κ2) is 9.51. The number of hydrogen-bond acceptors (Lipinski definition) is 8. The van der Waals surface area contributed by atoms with Crippen LogP contribution in [0.3, 0.4) is 0 Å². The van der Waals surface area contributed by atoms with Gasteiger partial charge in [-0.05, 0) is 49.2 Å². The minimum absolute atomic E-state index is 0.0323. The summed E-state index contributed by atoms with van der Waals surface area (Å²) in [5.41, 5.74) is 2.30. The molecule has 1 saturated heterocycles. The summed E-state index contributed by atoms with van der Waals surface area (Å²) in [6, 6.07) is 15.7. The molecule has 1 aromatic heterocycles. The van der Waals surface area contributed by atoms with Gasteiger partial charge in [-0.2, -0.15) is 0 Å². The second-order valence-electron chi connectivity index (χ2n) is 9.16. The first-order valence-electron chi connectivity index (χ1n) is 11.9. The van der Waals surface area contributed by atoms with Crippen LogP contribution in [0.5, 0.6) is 11.6 Å². The molecule has 2 amide bonds. The van der Waals surface area contributed by atoms with Crippen LogP contribution < -0.4 is 25.0 Å². The molecule has 9 nitrogen and oxygen atoms in total. The Kier molecular flexibility index (Phi) is 6.06. The highest BCUT2D eigenvalue weighted by atomic mass is 32.2. The van der Waals surface area contributed by atoms with Gasteiger partial charge in [0.15, 0.2) is 0 Å². The number of fused-ring (bicyclic) bond motifs is 2. The number of carbonyl (C=O) groups is 2. The summed E-state index contributed by atoms with van der Waals surface area (Å²) in [6.45, 7) is 1.04. The fourth-order valence-electron chi connectivity index (χ4n) is 4.65. The van der Waals surface area contributed by atoms with E-state index in [4.69, 9.17) is 14.2 Å². The zero-order valence-electron chi connectivity index (χ0n) is 19.7. The van der Waals surface area contributed by atoms with Gasteiger partial charge < -0.3 is 24.8 Å². The van der Waals surface area contributed by atoms with E-state index in [1.165, 1.54) is 11.8 Å². The van der Waals surface area contributed by atoms with Crippen molar-refractivity contribution < 1.29 is 23.8 Å². The predicted octanol–water partition coefficient (Wildman–Crippen LogP) is 3.81. The molecule has 10 heteroatoms. The summed E-state index contributed by atoms with van der Waals surface area (Å²) in [5.74, 6) is 1.75. The zero-order chi connectivity index (χ0) is 24.6. The summed E-state index contributed by atoms with van der Waals surface area (Å²) in [6.07, 6.45) is 1.22. The third-order valence-electron chi connectivity index (χ3n) is 6.67. The number of cyclic esters (lactones) is 1. The van der Waals surface area contributed by atoms with E-state index < -0.39 is 0 Å². The number of rotatable bonds is 7. The Morgan fingerprint density at radius 1 is 1.17 bits per heavy atom. The first-order chi connectivity index (χ1) is 17.5. The minimum atomic E-state index is -0.370. The number of aromatic nitrogens is 1. The van der Waals surface area contributed by atoms with E-state index in [1.54, 1.807) is 12.0 Å². The van der Waals surface area contributed by atoms with Crippen molar-refractivity contribution in [3.63, 3.8) is 0 Å². The molecule has 0 spiro atoms. The van der Waals surface area contributed by atoms with Gasteiger partial charge in [0.05, 0.1) is 30.6 Å². The number of pyridine rings is 1. The lowest BCUT2D eigenvalue weighted by atomic mass is 9.89. The van der Waals surface area contributed by atoms with Crippen LogP contribution in [0.2, 0.25) is 0 Å². The van der Waals surface area contributed by atoms with Gasteiger partial charge >= 0.3 is 6.09 Å². The number of anilines is 2. The highest BCUT2D eigenvalue weighted by Crippen LogP contribution is 2.35. The van der Waals surface area contributed by atoms with Crippen molar-refractivity contribution >= 4 is 46.0 Å². The number of methoxy groups -OCH3 is 1. The summed E-state index contributed by atoms with van der Waals surface area (Å²) in [5, 5.41) is 7.39. The molecule has 2 N–H and O–H groups in total. The number of hydrogen-bond donors (Lipinski definition) is 2. The van der Waals surface area contributed by atoms with Crippen molar-refractivity contribution in [3.8, 4) is 11.6 Å². The van der Waals surface area contributed by atoms with Crippen LogP contribution in [0.1, 0.15) is 12.8 Å². The van der Waals surface area contributed by atoms with Crippen molar-refractivity contribution in [2.75, 3.05) is 36.2 Å². The van der Waals surface area contributed by atoms with Crippen LogP contribution in [-0.2, 0) is 9.53 Å². The molecule has 2 fully saturated rings. The van der Waals surface area contributed by atoms with Gasteiger partial charge in [-0.15, -0.1) is 11.8 Å². The first kappa shape index (κ1) is 22.9. The average molecular weight is 507 g/mol. The largest absolute Gasteiger partial charge is 0.497 e. The Hall–Kier alpha value is -3.50. The summed E-state index contributed by atoms with van der Waals surface area (Å²) in [7, 11) is 1.64. The van der Waals surface area contributed by atoms with Crippen LogP contribution in [0.4, 0.5) is 16.2 Å². The van der Waals surface area contributed by atoms with E-state index in [0.29, 0.717) is 30.8 Å². The Morgan fingerprint density at radius 2 is 2.03 bits per heavy atom. The molecule has 1 aliphatic carbocycles. The Bertz CT molecular complexity index is 1330. The molecule has 1 atom stereocenters. The highest BCUT2D eigenvalue weighted by Gasteiger charge is 2.36. The monoisotopic (exact) mass is 506 g/mol. The molecule has 0 bridgehead atoms. The van der Waals surface area contributed by atoms with Crippen LogP contribution in [-0.4, -0.2) is 61.2 Å². The third kappa shape index (κ3) is 4.66. The van der Waals surface area contributed by atoms with Crippen LogP contribution in [0.15, 0.2) is 53.4 Å². The smallest absolute Gasteiger partial charge is 0.414 e. The molecule has 3 aliphatic rings. The Labute approximate surface area is 212 Å². The molecule has 36 heavy (non-hydrogen) atoms. The van der Waals surface area contributed by atoms with Gasteiger partial charge in [0.2, 0.25) is 11.8 Å². The van der Waals surface area contributed by atoms with E-state index in [9.17, 15) is 9.59 Å². The fourth-order valence-corrected chi connectivity index (χ4v) is 5.43. The standard InChI is InChI=1S/C26H26N4O5S/c1-33-18-5-2-15-3-7-25(29-21(15)11-18)34-19-8-16(9-19)27-12-20-13-30(26(32)35-20)17-4-6-23-22(10-17)28-24(31)14-36-23/h2-7,10-11,16,19-20,27H,8-9,12-14H2,1H3,(H,28,31)/t16?,19?,20-/m1/s1. The molecular weight excluding hydrogens is 480 g/mol. The predicted molar refractivity (Wildman–Crippen MR) is 137 cm³/mol.